The Labute approximate surface area is 206 Å². The molecule has 1 heterocycles. The van der Waals surface area contributed by atoms with Crippen LogP contribution >= 0.6 is 34.8 Å². The van der Waals surface area contributed by atoms with Crippen molar-refractivity contribution in [3.63, 3.8) is 0 Å². The minimum Gasteiger partial charge on any atom is -0.248 e. The van der Waals surface area contributed by atoms with Crippen LogP contribution in [-0.2, 0) is 13.2 Å². The Morgan fingerprint density at radius 2 is 1.59 bits per heavy atom. The third-order valence-electron chi connectivity index (χ3n) is 4.83. The van der Waals surface area contributed by atoms with E-state index < -0.39 is 17.6 Å². The average Bonchev–Trinajstić information content (AvgIpc) is 3.15. The number of hydrogen-bond donors (Lipinski definition) is 0. The minimum atomic E-state index is -4.42. The zero-order valence-corrected chi connectivity index (χ0v) is 19.5. The fourth-order valence-corrected chi connectivity index (χ4v) is 3.85. The largest absolute Gasteiger partial charge is 0.416 e. The van der Waals surface area contributed by atoms with Crippen molar-refractivity contribution >= 4 is 34.8 Å². The highest BCUT2D eigenvalue weighted by atomic mass is 35.5. The molecule has 0 amide bonds. The molecule has 0 atom stereocenters. The number of benzene rings is 3. The van der Waals surface area contributed by atoms with Crippen molar-refractivity contribution in [2.45, 2.75) is 6.18 Å². The molecule has 4 rings (SSSR count). The molecule has 172 valence electrons. The van der Waals surface area contributed by atoms with Crippen LogP contribution in [0.2, 0.25) is 15.1 Å². The van der Waals surface area contributed by atoms with E-state index in [1.165, 1.54) is 35.0 Å². The SMILES string of the molecule is Cn1nc(-c2c(F)cccc2Cl)nc1-c1ccc(C#Cc2ccc(C(F)(F)F)cc2)c(Cl)c1Cl. The Kier molecular flexibility index (Phi) is 6.59. The Morgan fingerprint density at radius 1 is 0.882 bits per heavy atom. The lowest BCUT2D eigenvalue weighted by Crippen LogP contribution is -2.04. The van der Waals surface area contributed by atoms with E-state index in [0.29, 0.717) is 22.5 Å². The second-order valence-corrected chi connectivity index (χ2v) is 8.26. The molecule has 0 unspecified atom stereocenters. The second-order valence-electron chi connectivity index (χ2n) is 7.09. The van der Waals surface area contributed by atoms with Gasteiger partial charge in [-0.2, -0.15) is 18.3 Å². The van der Waals surface area contributed by atoms with Crippen LogP contribution in [-0.4, -0.2) is 14.8 Å². The van der Waals surface area contributed by atoms with Gasteiger partial charge in [-0.05, 0) is 48.5 Å². The highest BCUT2D eigenvalue weighted by molar-refractivity contribution is 6.44. The van der Waals surface area contributed by atoms with Crippen LogP contribution in [0.5, 0.6) is 0 Å². The molecule has 0 spiro atoms. The van der Waals surface area contributed by atoms with Crippen molar-refractivity contribution in [2.24, 2.45) is 7.05 Å². The lowest BCUT2D eigenvalue weighted by molar-refractivity contribution is -0.137. The Balaban J connectivity index is 1.67. The summed E-state index contributed by atoms with van der Waals surface area (Å²) in [5.41, 5.74) is 0.481. The Bertz CT molecular complexity index is 1430. The molecule has 0 bridgehead atoms. The third-order valence-corrected chi connectivity index (χ3v) is 6.02. The van der Waals surface area contributed by atoms with Gasteiger partial charge in [0.25, 0.3) is 0 Å². The van der Waals surface area contributed by atoms with Crippen molar-refractivity contribution in [2.75, 3.05) is 0 Å². The number of aromatic nitrogens is 3. The van der Waals surface area contributed by atoms with Crippen LogP contribution in [0.1, 0.15) is 16.7 Å². The average molecular weight is 525 g/mol. The summed E-state index contributed by atoms with van der Waals surface area (Å²) in [4.78, 5) is 4.38. The molecule has 0 saturated heterocycles. The van der Waals surface area contributed by atoms with Gasteiger partial charge >= 0.3 is 6.18 Å². The molecule has 3 aromatic carbocycles. The van der Waals surface area contributed by atoms with Gasteiger partial charge in [-0.25, -0.2) is 14.1 Å². The second kappa shape index (κ2) is 9.30. The first-order chi connectivity index (χ1) is 16.1. The first-order valence-corrected chi connectivity index (χ1v) is 10.7. The van der Waals surface area contributed by atoms with E-state index >= 15 is 0 Å². The summed E-state index contributed by atoms with van der Waals surface area (Å²) >= 11 is 19.0. The first-order valence-electron chi connectivity index (χ1n) is 9.59. The monoisotopic (exact) mass is 523 g/mol. The number of alkyl halides is 3. The minimum absolute atomic E-state index is 0.0623. The van der Waals surface area contributed by atoms with E-state index in [4.69, 9.17) is 34.8 Å². The summed E-state index contributed by atoms with van der Waals surface area (Å²) in [6.45, 7) is 0. The van der Waals surface area contributed by atoms with E-state index in [1.54, 1.807) is 19.2 Å². The number of rotatable bonds is 2. The predicted octanol–water partition coefficient (Wildman–Crippen LogP) is 7.67. The number of hydrogen-bond acceptors (Lipinski definition) is 2. The number of nitrogens with zero attached hydrogens (tertiary/aromatic N) is 3. The smallest absolute Gasteiger partial charge is 0.248 e. The molecule has 0 aliphatic rings. The van der Waals surface area contributed by atoms with Crippen molar-refractivity contribution in [3.8, 4) is 34.6 Å². The summed E-state index contributed by atoms with van der Waals surface area (Å²) in [5.74, 6) is 5.41. The number of halogens is 7. The van der Waals surface area contributed by atoms with Gasteiger partial charge in [0.1, 0.15) is 5.82 Å². The van der Waals surface area contributed by atoms with Crippen LogP contribution in [0.15, 0.2) is 54.6 Å². The molecule has 34 heavy (non-hydrogen) atoms. The molecule has 10 heteroatoms. The quantitative estimate of drug-likeness (QED) is 0.199. The van der Waals surface area contributed by atoms with Gasteiger partial charge in [-0.15, -0.1) is 0 Å². The Hall–Kier alpha value is -3.05. The molecule has 0 radical (unpaired) electrons. The fraction of sp³-hybridized carbons (Fsp3) is 0.0833. The summed E-state index contributed by atoms with van der Waals surface area (Å²) in [6, 6.07) is 11.9. The highest BCUT2D eigenvalue weighted by Gasteiger charge is 2.29. The van der Waals surface area contributed by atoms with E-state index in [1.807, 2.05) is 0 Å². The summed E-state index contributed by atoms with van der Waals surface area (Å²) in [7, 11) is 1.61. The topological polar surface area (TPSA) is 30.7 Å². The van der Waals surface area contributed by atoms with Crippen molar-refractivity contribution in [1.82, 2.24) is 14.8 Å². The van der Waals surface area contributed by atoms with E-state index in [-0.39, 0.29) is 26.5 Å². The van der Waals surface area contributed by atoms with Crippen LogP contribution in [0.3, 0.4) is 0 Å². The summed E-state index contributed by atoms with van der Waals surface area (Å²) in [5, 5.41) is 4.68. The van der Waals surface area contributed by atoms with Gasteiger partial charge in [0.15, 0.2) is 11.6 Å². The normalized spacial score (nSPS) is 11.3. The van der Waals surface area contributed by atoms with Crippen LogP contribution in [0.4, 0.5) is 17.6 Å². The first kappa shape index (κ1) is 24.1. The molecule has 0 fully saturated rings. The summed E-state index contributed by atoms with van der Waals surface area (Å²) in [6.07, 6.45) is -4.42. The molecule has 0 aliphatic carbocycles. The molecule has 1 aromatic heterocycles. The van der Waals surface area contributed by atoms with Crippen LogP contribution in [0, 0.1) is 17.7 Å². The maximum Gasteiger partial charge on any atom is 0.416 e. The van der Waals surface area contributed by atoms with Crippen LogP contribution in [0.25, 0.3) is 22.8 Å². The predicted molar refractivity (Wildman–Crippen MR) is 124 cm³/mol. The van der Waals surface area contributed by atoms with Gasteiger partial charge in [0, 0.05) is 23.7 Å². The molecule has 0 aliphatic heterocycles. The molecule has 3 nitrogen and oxygen atoms in total. The lowest BCUT2D eigenvalue weighted by atomic mass is 10.1. The number of aryl methyl sites for hydroxylation is 1. The zero-order chi connectivity index (χ0) is 24.6. The van der Waals surface area contributed by atoms with Crippen molar-refractivity contribution < 1.29 is 17.6 Å². The molecule has 0 N–H and O–H groups in total. The van der Waals surface area contributed by atoms with E-state index in [2.05, 4.69) is 21.9 Å². The summed E-state index contributed by atoms with van der Waals surface area (Å²) < 4.78 is 53.8. The van der Waals surface area contributed by atoms with Crippen molar-refractivity contribution in [1.29, 1.82) is 0 Å². The zero-order valence-electron chi connectivity index (χ0n) is 17.2. The Morgan fingerprint density at radius 3 is 2.24 bits per heavy atom. The van der Waals surface area contributed by atoms with Crippen molar-refractivity contribution in [3.05, 3.63) is 92.2 Å². The van der Waals surface area contributed by atoms with Gasteiger partial charge in [0.2, 0.25) is 0 Å². The highest BCUT2D eigenvalue weighted by Crippen LogP contribution is 2.37. The van der Waals surface area contributed by atoms with Crippen LogP contribution < -0.4 is 0 Å². The maximum absolute atomic E-state index is 14.3. The standard InChI is InChI=1S/C24H12Cl3F4N3/c1-34-23(32-22(33-34)19-17(25)3-2-4-18(19)28)16-12-9-14(20(26)21(16)27)8-5-13-6-10-15(11-7-13)24(29,30)31/h2-4,6-7,9-12H,1H3. The van der Waals surface area contributed by atoms with E-state index in [0.717, 1.165) is 12.1 Å². The molecule has 0 saturated carbocycles. The van der Waals surface area contributed by atoms with Gasteiger partial charge < -0.3 is 0 Å². The maximum atomic E-state index is 14.3. The van der Waals surface area contributed by atoms with E-state index in [9.17, 15) is 17.6 Å². The molecular weight excluding hydrogens is 513 g/mol. The molecular formula is C24H12Cl3F4N3. The molecule has 4 aromatic rings. The van der Waals surface area contributed by atoms with Gasteiger partial charge in [0.05, 0.1) is 26.2 Å². The van der Waals surface area contributed by atoms with Gasteiger partial charge in [-0.3, -0.25) is 0 Å². The fourth-order valence-electron chi connectivity index (χ4n) is 3.14. The lowest BCUT2D eigenvalue weighted by Gasteiger charge is -2.07. The van der Waals surface area contributed by atoms with Gasteiger partial charge in [-0.1, -0.05) is 52.7 Å². The third kappa shape index (κ3) is 4.76.